The van der Waals surface area contributed by atoms with Gasteiger partial charge < -0.3 is 29.2 Å². The van der Waals surface area contributed by atoms with Gasteiger partial charge >= 0.3 is 0 Å². The average molecular weight is 387 g/mol. The maximum Gasteiger partial charge on any atom is 0.173 e. The Morgan fingerprint density at radius 1 is 1.22 bits per heavy atom. The van der Waals surface area contributed by atoms with Crippen LogP contribution in [-0.2, 0) is 18.9 Å². The zero-order valence-electron chi connectivity index (χ0n) is 17.4. The predicted octanol–water partition coefficient (Wildman–Crippen LogP) is 2.85. The van der Waals surface area contributed by atoms with E-state index in [-0.39, 0.29) is 23.4 Å². The van der Waals surface area contributed by atoms with Gasteiger partial charge in [-0.15, -0.1) is 0 Å². The van der Waals surface area contributed by atoms with Crippen LogP contribution in [0.4, 0.5) is 0 Å². The molecule has 0 unspecified atom stereocenters. The molecule has 0 bridgehead atoms. The fourth-order valence-electron chi connectivity index (χ4n) is 6.01. The molecule has 0 amide bonds. The quantitative estimate of drug-likeness (QED) is 0.625. The Morgan fingerprint density at radius 3 is 2.56 bits per heavy atom. The summed E-state index contributed by atoms with van der Waals surface area (Å²) in [5, 5.41) is 23.0. The van der Waals surface area contributed by atoms with Crippen molar-refractivity contribution in [2.24, 2.45) is 17.3 Å². The zero-order chi connectivity index (χ0) is 19.7. The van der Waals surface area contributed by atoms with Crippen molar-refractivity contribution in [2.75, 3.05) is 27.1 Å². The van der Waals surface area contributed by atoms with Gasteiger partial charge in [-0.25, -0.2) is 0 Å². The third-order valence-electron chi connectivity index (χ3n) is 7.76. The highest BCUT2D eigenvalue weighted by molar-refractivity contribution is 5.16. The second-order valence-corrected chi connectivity index (χ2v) is 8.99. The lowest BCUT2D eigenvalue weighted by Crippen LogP contribution is -2.63. The van der Waals surface area contributed by atoms with Crippen LogP contribution in [0, 0.1) is 17.3 Å². The zero-order valence-corrected chi connectivity index (χ0v) is 17.4. The Labute approximate surface area is 163 Å². The van der Waals surface area contributed by atoms with Gasteiger partial charge in [-0.3, -0.25) is 0 Å². The predicted molar refractivity (Wildman–Crippen MR) is 101 cm³/mol. The number of hydrogen-bond donors (Lipinski definition) is 2. The van der Waals surface area contributed by atoms with Crippen molar-refractivity contribution >= 4 is 0 Å². The molecule has 1 saturated heterocycles. The van der Waals surface area contributed by atoms with E-state index in [4.69, 9.17) is 18.9 Å². The lowest BCUT2D eigenvalue weighted by atomic mass is 9.58. The molecule has 2 aliphatic carbocycles. The molecule has 3 rings (SSSR count). The molecule has 0 aromatic carbocycles. The monoisotopic (exact) mass is 386 g/mol. The largest absolute Gasteiger partial charge is 0.390 e. The molecular formula is C21H38O6. The van der Waals surface area contributed by atoms with Crippen LogP contribution in [0.2, 0.25) is 0 Å². The average Bonchev–Trinajstić information content (AvgIpc) is 3.22. The van der Waals surface area contributed by atoms with Crippen molar-refractivity contribution in [3.05, 3.63) is 0 Å². The van der Waals surface area contributed by atoms with Crippen molar-refractivity contribution in [3.63, 3.8) is 0 Å². The highest BCUT2D eigenvalue weighted by Gasteiger charge is 2.68. The van der Waals surface area contributed by atoms with Crippen molar-refractivity contribution in [1.29, 1.82) is 0 Å². The van der Waals surface area contributed by atoms with Gasteiger partial charge in [0.05, 0.1) is 25.4 Å². The maximum atomic E-state index is 12.0. The number of rotatable bonds is 8. The highest BCUT2D eigenvalue weighted by atomic mass is 16.7. The van der Waals surface area contributed by atoms with E-state index in [0.717, 1.165) is 38.5 Å². The summed E-state index contributed by atoms with van der Waals surface area (Å²) in [5.41, 5.74) is -1.62. The molecule has 27 heavy (non-hydrogen) atoms. The summed E-state index contributed by atoms with van der Waals surface area (Å²) in [7, 11) is 1.63. The van der Waals surface area contributed by atoms with E-state index in [9.17, 15) is 10.2 Å². The van der Waals surface area contributed by atoms with Gasteiger partial charge in [-0.05, 0) is 38.0 Å². The molecule has 1 aliphatic heterocycles. The number of unbranched alkanes of at least 4 members (excludes halogenated alkanes) is 1. The molecule has 0 aromatic rings. The van der Waals surface area contributed by atoms with Gasteiger partial charge in [-0.1, -0.05) is 27.2 Å². The molecule has 0 aromatic heterocycles. The van der Waals surface area contributed by atoms with E-state index in [1.54, 1.807) is 7.11 Å². The molecule has 158 valence electrons. The first-order valence-corrected chi connectivity index (χ1v) is 10.6. The van der Waals surface area contributed by atoms with Crippen LogP contribution >= 0.6 is 0 Å². The standard InChI is InChI=1S/C21H38O6/c1-5-6-8-20(26-10-11-27-20)15(2)21(23)18(22)13-16-12-17(25-14-24-4)7-9-19(16,21)3/h15-18,22-23H,5-14H2,1-4H3/t15-,16-,17+,18+,19+,21-/m1/s1. The molecule has 3 fully saturated rings. The van der Waals surface area contributed by atoms with Gasteiger partial charge in [0, 0.05) is 24.9 Å². The number of methoxy groups -OCH3 is 1. The summed E-state index contributed by atoms with van der Waals surface area (Å²) in [6.07, 6.45) is 5.22. The fraction of sp³-hybridized carbons (Fsp3) is 1.00. The third kappa shape index (κ3) is 3.47. The fourth-order valence-corrected chi connectivity index (χ4v) is 6.01. The van der Waals surface area contributed by atoms with Crippen LogP contribution in [0.5, 0.6) is 0 Å². The highest BCUT2D eigenvalue weighted by Crippen LogP contribution is 2.62. The van der Waals surface area contributed by atoms with Crippen molar-refractivity contribution in [2.45, 2.75) is 89.3 Å². The molecule has 0 radical (unpaired) electrons. The SMILES string of the molecule is CCCCC1([C@@H](C)[C@@]2(O)[C@@H](O)C[C@H]3C[C@@H](OCOC)CC[C@@]32C)OCCO1. The van der Waals surface area contributed by atoms with Crippen molar-refractivity contribution in [1.82, 2.24) is 0 Å². The van der Waals surface area contributed by atoms with Gasteiger partial charge in [-0.2, -0.15) is 0 Å². The van der Waals surface area contributed by atoms with Crippen LogP contribution in [0.3, 0.4) is 0 Å². The van der Waals surface area contributed by atoms with Crippen LogP contribution in [0.25, 0.3) is 0 Å². The first kappa shape index (κ1) is 21.5. The van der Waals surface area contributed by atoms with Gasteiger partial charge in [0.2, 0.25) is 0 Å². The molecule has 0 spiro atoms. The number of ether oxygens (including phenoxy) is 4. The Hall–Kier alpha value is -0.240. The summed E-state index contributed by atoms with van der Waals surface area (Å²) < 4.78 is 23.0. The Morgan fingerprint density at radius 2 is 1.93 bits per heavy atom. The lowest BCUT2D eigenvalue weighted by Gasteiger charge is -2.53. The first-order chi connectivity index (χ1) is 12.8. The minimum absolute atomic E-state index is 0.126. The van der Waals surface area contributed by atoms with Crippen LogP contribution in [-0.4, -0.2) is 60.9 Å². The Bertz CT molecular complexity index is 493. The van der Waals surface area contributed by atoms with E-state index in [1.807, 2.05) is 6.92 Å². The summed E-state index contributed by atoms with van der Waals surface area (Å²) in [5.74, 6) is -0.895. The molecule has 1 heterocycles. The van der Waals surface area contributed by atoms with Gasteiger partial charge in [0.1, 0.15) is 12.4 Å². The van der Waals surface area contributed by atoms with Crippen molar-refractivity contribution < 1.29 is 29.2 Å². The second-order valence-electron chi connectivity index (χ2n) is 8.99. The minimum atomic E-state index is -1.23. The van der Waals surface area contributed by atoms with E-state index in [2.05, 4.69) is 13.8 Å². The van der Waals surface area contributed by atoms with E-state index >= 15 is 0 Å². The molecule has 2 N–H and O–H groups in total. The first-order valence-electron chi connectivity index (χ1n) is 10.6. The van der Waals surface area contributed by atoms with Gasteiger partial charge in [0.25, 0.3) is 0 Å². The summed E-state index contributed by atoms with van der Waals surface area (Å²) in [6.45, 7) is 7.68. The lowest BCUT2D eigenvalue weighted by molar-refractivity contribution is -0.278. The smallest absolute Gasteiger partial charge is 0.173 e. The van der Waals surface area contributed by atoms with E-state index in [1.165, 1.54) is 0 Å². The number of hydrogen-bond acceptors (Lipinski definition) is 6. The second kappa shape index (κ2) is 8.25. The van der Waals surface area contributed by atoms with Crippen molar-refractivity contribution in [3.8, 4) is 0 Å². The van der Waals surface area contributed by atoms with Crippen LogP contribution in [0.1, 0.15) is 65.7 Å². The van der Waals surface area contributed by atoms with Crippen LogP contribution in [0.15, 0.2) is 0 Å². The molecule has 6 heteroatoms. The maximum absolute atomic E-state index is 12.0. The Kier molecular flexibility index (Phi) is 6.56. The molecular weight excluding hydrogens is 348 g/mol. The van der Waals surface area contributed by atoms with Crippen LogP contribution < -0.4 is 0 Å². The molecule has 3 aliphatic rings. The topological polar surface area (TPSA) is 77.4 Å². The molecule has 6 atom stereocenters. The molecule has 6 nitrogen and oxygen atoms in total. The summed E-state index contributed by atoms with van der Waals surface area (Å²) in [4.78, 5) is 0. The van der Waals surface area contributed by atoms with E-state index in [0.29, 0.717) is 26.4 Å². The summed E-state index contributed by atoms with van der Waals surface area (Å²) in [6, 6.07) is 0. The number of aliphatic hydroxyl groups excluding tert-OH is 1. The molecule has 2 saturated carbocycles. The summed E-state index contributed by atoms with van der Waals surface area (Å²) >= 11 is 0. The van der Waals surface area contributed by atoms with Gasteiger partial charge in [0.15, 0.2) is 5.79 Å². The Balaban J connectivity index is 1.83. The van der Waals surface area contributed by atoms with E-state index < -0.39 is 17.5 Å². The number of fused-ring (bicyclic) bond motifs is 1. The minimum Gasteiger partial charge on any atom is -0.390 e. The normalized spacial score (nSPS) is 42.2. The number of aliphatic hydroxyl groups is 2. The third-order valence-corrected chi connectivity index (χ3v) is 7.76.